The molecule has 7 unspecified atom stereocenters. The van der Waals surface area contributed by atoms with Gasteiger partial charge in [0.25, 0.3) is 0 Å². The molecule has 1 aliphatic rings. The molecule has 22 nitrogen and oxygen atoms in total. The second-order valence-corrected chi connectivity index (χ2v) is 67.4. The molecule has 3 rings (SSSR count). The number of hydrogen-bond acceptors (Lipinski definition) is 20. The fourth-order valence-corrected chi connectivity index (χ4v) is 60.4. The zero-order chi connectivity index (χ0) is 85.0. The summed E-state index contributed by atoms with van der Waals surface area (Å²) in [7, 11) is -29.9. The minimum atomic E-state index is -4.44. The summed E-state index contributed by atoms with van der Waals surface area (Å²) < 4.78 is 133. The van der Waals surface area contributed by atoms with Crippen molar-refractivity contribution in [3.05, 3.63) is 60.7 Å². The maximum Gasteiger partial charge on any atom is 0.664 e. The van der Waals surface area contributed by atoms with Crippen molar-refractivity contribution in [2.24, 2.45) is 0 Å². The van der Waals surface area contributed by atoms with Crippen molar-refractivity contribution in [1.29, 1.82) is 0 Å². The van der Waals surface area contributed by atoms with E-state index in [1.165, 1.54) is 201 Å². The summed E-state index contributed by atoms with van der Waals surface area (Å²) in [5.74, 6) is 0. The molecule has 2 aromatic carbocycles. The van der Waals surface area contributed by atoms with E-state index in [0.29, 0.717) is 37.4 Å². The molecule has 0 saturated carbocycles. The van der Waals surface area contributed by atoms with Gasteiger partial charge in [-0.1, -0.05) is 241 Å². The summed E-state index contributed by atoms with van der Waals surface area (Å²) in [4.78, 5) is 12.6. The lowest BCUT2D eigenvalue weighted by molar-refractivity contribution is -0.913. The Morgan fingerprint density at radius 2 is 0.629 bits per heavy atom. The van der Waals surface area contributed by atoms with E-state index >= 15 is 0 Å². The van der Waals surface area contributed by atoms with Crippen molar-refractivity contribution >= 4 is 107 Å². The summed E-state index contributed by atoms with van der Waals surface area (Å²) in [6, 6.07) is 22.5. The zero-order valence-corrected chi connectivity index (χ0v) is 90.5. The van der Waals surface area contributed by atoms with E-state index in [-0.39, 0.29) is 51.2 Å². The van der Waals surface area contributed by atoms with Gasteiger partial charge in [0, 0.05) is 112 Å². The van der Waals surface area contributed by atoms with Crippen molar-refractivity contribution < 1.29 is 119 Å². The monoisotopic (exact) mass is 1870 g/mol. The molecule has 1 N–H and O–H groups in total. The maximum atomic E-state index is 12.6. The van der Waals surface area contributed by atoms with Crippen molar-refractivity contribution in [3.63, 3.8) is 0 Å². The summed E-state index contributed by atoms with van der Waals surface area (Å²) >= 11 is 0. The molecule has 684 valence electrons. The summed E-state index contributed by atoms with van der Waals surface area (Å²) in [6.45, 7) is 40.7. The molecule has 7 atom stereocenters. The Bertz CT molecular complexity index is 2790. The average molecular weight is 1870 g/mol. The molecule has 1 aliphatic heterocycles. The zero-order valence-electron chi connectivity index (χ0n) is 78.0. The third-order valence-electron chi connectivity index (χ3n) is 22.3. The normalized spacial score (nSPS) is 19.1. The van der Waals surface area contributed by atoms with E-state index < -0.39 is 96.4 Å². The Kier molecular flexibility index (Phi) is 57.3. The van der Waals surface area contributed by atoms with Gasteiger partial charge in [-0.3, -0.25) is 0 Å². The molecule has 116 heavy (non-hydrogen) atoms. The molecule has 1 fully saturated rings. The van der Waals surface area contributed by atoms with E-state index in [9.17, 15) is 4.80 Å². The van der Waals surface area contributed by atoms with Crippen molar-refractivity contribution in [2.75, 3.05) is 95.1 Å². The molecular formula is C81H172Cl2N2O20Si11. The Morgan fingerprint density at radius 1 is 0.353 bits per heavy atom. The smallest absolute Gasteiger partial charge is 0.664 e. The number of quaternary nitrogens is 2. The number of nitrogens with zero attached hydrogens (tertiary/aromatic N) is 2. The minimum Gasteiger partial charge on any atom is -1.00 e. The first-order chi connectivity index (χ1) is 53.9. The fraction of sp³-hybridized carbons (Fsp3) is 0.852. The maximum absolute atomic E-state index is 12.6. The predicted octanol–water partition coefficient (Wildman–Crippen LogP) is 14.0. The van der Waals surface area contributed by atoms with E-state index in [1.807, 2.05) is 77.9 Å². The quantitative estimate of drug-likeness (QED) is 0.0373. The Labute approximate surface area is 734 Å². The molecule has 0 aliphatic carbocycles. The first kappa shape index (κ1) is 115. The lowest BCUT2D eigenvalue weighted by atomic mass is 10.0. The van der Waals surface area contributed by atoms with Crippen LogP contribution in [-0.4, -0.2) is 217 Å². The molecule has 35 heteroatoms. The molecular weight excluding hydrogens is 1700 g/mol. The van der Waals surface area contributed by atoms with Crippen LogP contribution in [0.25, 0.3) is 0 Å². The van der Waals surface area contributed by atoms with Crippen LogP contribution >= 0.6 is 0 Å². The van der Waals surface area contributed by atoms with Crippen molar-refractivity contribution in [3.8, 4) is 0 Å². The van der Waals surface area contributed by atoms with Crippen LogP contribution in [0.1, 0.15) is 275 Å². The molecule has 2 aromatic rings. The number of unbranched alkanes of at least 4 members (excludes halogenated alkanes) is 26. The van der Waals surface area contributed by atoms with Gasteiger partial charge in [-0.2, -0.15) is 0 Å². The minimum absolute atomic E-state index is 0. The third-order valence-corrected chi connectivity index (χ3v) is 64.1. The summed E-state index contributed by atoms with van der Waals surface area (Å²) in [5.41, 5.74) is 0. The van der Waals surface area contributed by atoms with Gasteiger partial charge in [-0.05, 0) is 118 Å². The van der Waals surface area contributed by atoms with Gasteiger partial charge in [0.1, 0.15) is 0 Å². The van der Waals surface area contributed by atoms with Crippen LogP contribution in [-0.2, 0) is 80.7 Å². The topological polar surface area (TPSA) is 196 Å². The van der Waals surface area contributed by atoms with E-state index in [2.05, 4.69) is 106 Å². The highest BCUT2D eigenvalue weighted by atomic mass is 35.5. The number of halogens is 2. The van der Waals surface area contributed by atoms with Gasteiger partial charge in [-0.25, -0.2) is 0 Å². The van der Waals surface area contributed by atoms with E-state index in [4.69, 9.17) is 80.7 Å². The molecule has 0 bridgehead atoms. The Morgan fingerprint density at radius 3 is 0.914 bits per heavy atom. The number of benzene rings is 2. The van der Waals surface area contributed by atoms with E-state index in [1.54, 1.807) is 26.2 Å². The molecule has 1 heterocycles. The predicted molar refractivity (Wildman–Crippen MR) is 488 cm³/mol. The molecule has 0 aromatic heterocycles. The SMILES string of the molecule is CCCCCCCCCCCCCCCCC(C)[N+](C)(C)CCC[Si](OCC)(O[Si](OCC)(OCC)O[Si](C)(OC)O[Si](C)(O)O[Si]1(C)O[Si](C)(O[Si](C)(OC)O[Si](OCC)(OCC)O[Si](CCC[N+](C)(C)C(C)CCCCCCCCCCCCCCCC)(OCC)O[Si](C)(C)c2ccccc2)O1)O[Si](C)(C)c1ccccc1.[Cl-].[Cl-]. The van der Waals surface area contributed by atoms with Gasteiger partial charge < -0.3 is 119 Å². The van der Waals surface area contributed by atoms with Gasteiger partial charge in [-0.15, -0.1) is 0 Å². The number of hydrogen-bond donors (Lipinski definition) is 1. The van der Waals surface area contributed by atoms with Crippen LogP contribution in [0.2, 0.25) is 71.0 Å². The first-order valence-corrected chi connectivity index (χ1v) is 69.1. The third kappa shape index (κ3) is 43.3. The highest BCUT2D eigenvalue weighted by molar-refractivity contribution is 6.95. The lowest BCUT2D eigenvalue weighted by Gasteiger charge is -2.51. The molecule has 0 radical (unpaired) electrons. The van der Waals surface area contributed by atoms with Crippen LogP contribution in [0.3, 0.4) is 0 Å². The van der Waals surface area contributed by atoms with Crippen LogP contribution in [0.5, 0.6) is 0 Å². The van der Waals surface area contributed by atoms with Gasteiger partial charge in [0.2, 0.25) is 16.6 Å². The fourth-order valence-electron chi connectivity index (χ4n) is 15.3. The second-order valence-electron chi connectivity index (χ2n) is 34.3. The summed E-state index contributed by atoms with van der Waals surface area (Å²) in [5, 5.41) is 2.17. The van der Waals surface area contributed by atoms with Crippen LogP contribution < -0.4 is 35.2 Å². The van der Waals surface area contributed by atoms with Crippen LogP contribution in [0.4, 0.5) is 0 Å². The highest BCUT2D eigenvalue weighted by Crippen LogP contribution is 2.41. The Hall–Kier alpha value is 0.526. The lowest BCUT2D eigenvalue weighted by Crippen LogP contribution is -3.00. The largest absolute Gasteiger partial charge is 1.00 e. The van der Waals surface area contributed by atoms with Crippen molar-refractivity contribution in [2.45, 2.75) is 358 Å². The highest BCUT2D eigenvalue weighted by Gasteiger charge is 2.71. The van der Waals surface area contributed by atoms with Gasteiger partial charge >= 0.3 is 79.7 Å². The van der Waals surface area contributed by atoms with E-state index in [0.717, 1.165) is 58.1 Å². The van der Waals surface area contributed by atoms with Crippen LogP contribution in [0.15, 0.2) is 60.7 Å². The van der Waals surface area contributed by atoms with Crippen molar-refractivity contribution in [1.82, 2.24) is 0 Å². The average Bonchev–Trinajstić information content (AvgIpc) is 0.739. The van der Waals surface area contributed by atoms with Gasteiger partial charge in [0.15, 0.2) is 0 Å². The standard InChI is InChI=1S/C81H172N2O20Si11.2ClH/c1-26-34-36-38-40-42-44-46-48-50-52-54-56-60-68-78(9)82(11,12)74-66-76-111(87-28-3,93-104(17,18)80-70-62-58-63-71-80)102-113(89-30-5,90-31-6)100-107(22,85-15)95-106(21,84)96-109(24)98-110(25,99-109)97-108(23,86-16)101-114(91-32-7,92-33-8)103-112(88-29-4,94-105(19,20)81-72-64-59-65-73-81)77-67-75-83(13,14)79(10)69-61-57-55-53-51-49-47-45-43-41-39-37-35-27-2;;/h58-59,62-65,70-73,78-79,84H,26-57,60-61,66-69,74-77H2,1-25H3;2*1H/q+2;;/p-2. The first-order valence-electron chi connectivity index (χ1n) is 45.0. The Balaban J connectivity index is 0.0000336. The molecule has 0 amide bonds. The second kappa shape index (κ2) is 58.1. The number of rotatable bonds is 74. The van der Waals surface area contributed by atoms with Gasteiger partial charge in [0.05, 0.1) is 53.4 Å². The summed E-state index contributed by atoms with van der Waals surface area (Å²) in [6.07, 6.45) is 41.5. The van der Waals surface area contributed by atoms with Crippen LogP contribution in [0, 0.1) is 0 Å². The molecule has 0 spiro atoms. The molecule has 1 saturated heterocycles.